The van der Waals surface area contributed by atoms with Gasteiger partial charge in [0.15, 0.2) is 6.10 Å². The highest BCUT2D eigenvalue weighted by Gasteiger charge is 2.16. The fraction of sp³-hybridized carbons (Fsp3) is 0.417. The van der Waals surface area contributed by atoms with Gasteiger partial charge in [-0.15, -0.1) is 0 Å². The van der Waals surface area contributed by atoms with Gasteiger partial charge in [-0.1, -0.05) is 0 Å². The van der Waals surface area contributed by atoms with E-state index in [2.05, 4.69) is 5.32 Å². The number of carbonyl (C=O) groups is 1. The van der Waals surface area contributed by atoms with Gasteiger partial charge < -0.3 is 15.2 Å². The standard InChI is InChI=1S/C12H16FNO3/c1-8(7-15)14-12(16)9(2)17-11-5-3-10(13)4-6-11/h3-6,8-9,15H,7H2,1-2H3,(H,14,16). The van der Waals surface area contributed by atoms with Crippen LogP contribution in [0.15, 0.2) is 24.3 Å². The number of aliphatic hydroxyl groups is 1. The first-order valence-electron chi connectivity index (χ1n) is 5.36. The molecule has 4 nitrogen and oxygen atoms in total. The SMILES string of the molecule is CC(CO)NC(=O)C(C)Oc1ccc(F)cc1. The lowest BCUT2D eigenvalue weighted by Gasteiger charge is -2.17. The van der Waals surface area contributed by atoms with Gasteiger partial charge in [-0.25, -0.2) is 4.39 Å². The van der Waals surface area contributed by atoms with E-state index >= 15 is 0 Å². The van der Waals surface area contributed by atoms with Crippen LogP contribution in [0, 0.1) is 5.82 Å². The van der Waals surface area contributed by atoms with Gasteiger partial charge in [0.1, 0.15) is 11.6 Å². The molecule has 0 fully saturated rings. The predicted octanol–water partition coefficient (Wildman–Crippen LogP) is 1.09. The lowest BCUT2D eigenvalue weighted by atomic mass is 10.3. The summed E-state index contributed by atoms with van der Waals surface area (Å²) >= 11 is 0. The van der Waals surface area contributed by atoms with E-state index in [1.54, 1.807) is 13.8 Å². The van der Waals surface area contributed by atoms with E-state index in [1.807, 2.05) is 0 Å². The Morgan fingerprint density at radius 2 is 2.00 bits per heavy atom. The van der Waals surface area contributed by atoms with Gasteiger partial charge in [0, 0.05) is 6.04 Å². The summed E-state index contributed by atoms with van der Waals surface area (Å²) in [6, 6.07) is 5.11. The van der Waals surface area contributed by atoms with Crippen LogP contribution in [0.3, 0.4) is 0 Å². The summed E-state index contributed by atoms with van der Waals surface area (Å²) in [5, 5.41) is 11.4. The number of halogens is 1. The maximum atomic E-state index is 12.6. The molecular formula is C12H16FNO3. The van der Waals surface area contributed by atoms with E-state index in [0.29, 0.717) is 5.75 Å². The zero-order chi connectivity index (χ0) is 12.8. The molecule has 94 valence electrons. The molecule has 2 atom stereocenters. The summed E-state index contributed by atoms with van der Waals surface area (Å²) in [5.74, 6) is -0.259. The minimum absolute atomic E-state index is 0.130. The molecule has 0 aromatic heterocycles. The maximum absolute atomic E-state index is 12.6. The van der Waals surface area contributed by atoms with Crippen LogP contribution < -0.4 is 10.1 Å². The van der Waals surface area contributed by atoms with Crippen molar-refractivity contribution < 1.29 is 19.0 Å². The summed E-state index contributed by atoms with van der Waals surface area (Å²) in [6.45, 7) is 3.14. The Labute approximate surface area is 99.4 Å². The first-order chi connectivity index (χ1) is 8.02. The quantitative estimate of drug-likeness (QED) is 0.811. The van der Waals surface area contributed by atoms with Crippen LogP contribution in [0.4, 0.5) is 4.39 Å². The summed E-state index contributed by atoms with van der Waals surface area (Å²) in [5.41, 5.74) is 0. The van der Waals surface area contributed by atoms with Crippen LogP contribution in [0.25, 0.3) is 0 Å². The van der Waals surface area contributed by atoms with Crippen molar-refractivity contribution in [2.45, 2.75) is 26.0 Å². The highest BCUT2D eigenvalue weighted by Crippen LogP contribution is 2.12. The molecule has 0 spiro atoms. The van der Waals surface area contributed by atoms with Crippen LogP contribution in [0.1, 0.15) is 13.8 Å². The van der Waals surface area contributed by atoms with Gasteiger partial charge >= 0.3 is 0 Å². The Kier molecular flexibility index (Phi) is 4.90. The van der Waals surface area contributed by atoms with Crippen LogP contribution in [-0.4, -0.2) is 29.8 Å². The summed E-state index contributed by atoms with van der Waals surface area (Å²) in [7, 11) is 0. The van der Waals surface area contributed by atoms with E-state index in [9.17, 15) is 9.18 Å². The van der Waals surface area contributed by atoms with Crippen molar-refractivity contribution >= 4 is 5.91 Å². The zero-order valence-corrected chi connectivity index (χ0v) is 9.81. The van der Waals surface area contributed by atoms with Gasteiger partial charge in [0.25, 0.3) is 5.91 Å². The smallest absolute Gasteiger partial charge is 0.261 e. The lowest BCUT2D eigenvalue weighted by Crippen LogP contribution is -2.42. The van der Waals surface area contributed by atoms with Crippen molar-refractivity contribution in [2.75, 3.05) is 6.61 Å². The predicted molar refractivity (Wildman–Crippen MR) is 61.2 cm³/mol. The van der Waals surface area contributed by atoms with Gasteiger partial charge in [-0.05, 0) is 38.1 Å². The summed E-state index contributed by atoms with van der Waals surface area (Å²) in [6.07, 6.45) is -0.700. The van der Waals surface area contributed by atoms with Crippen molar-refractivity contribution in [3.05, 3.63) is 30.1 Å². The molecule has 1 rings (SSSR count). The van der Waals surface area contributed by atoms with Crippen molar-refractivity contribution in [3.8, 4) is 5.75 Å². The molecule has 1 aromatic carbocycles. The number of ether oxygens (including phenoxy) is 1. The molecule has 2 unspecified atom stereocenters. The van der Waals surface area contributed by atoms with E-state index in [0.717, 1.165) is 0 Å². The largest absolute Gasteiger partial charge is 0.481 e. The number of aliphatic hydroxyl groups excluding tert-OH is 1. The van der Waals surface area contributed by atoms with Gasteiger partial charge in [-0.2, -0.15) is 0 Å². The highest BCUT2D eigenvalue weighted by atomic mass is 19.1. The molecule has 0 bridgehead atoms. The monoisotopic (exact) mass is 241 g/mol. The molecule has 2 N–H and O–H groups in total. The minimum atomic E-state index is -0.700. The summed E-state index contributed by atoms with van der Waals surface area (Å²) < 4.78 is 18.0. The molecule has 5 heteroatoms. The highest BCUT2D eigenvalue weighted by molar-refractivity contribution is 5.80. The normalized spacial score (nSPS) is 13.9. The third-order valence-electron chi connectivity index (χ3n) is 2.16. The third kappa shape index (κ3) is 4.40. The lowest BCUT2D eigenvalue weighted by molar-refractivity contribution is -0.128. The number of nitrogens with one attached hydrogen (secondary N) is 1. The third-order valence-corrected chi connectivity index (χ3v) is 2.16. The Hall–Kier alpha value is -1.62. The fourth-order valence-electron chi connectivity index (χ4n) is 1.18. The first kappa shape index (κ1) is 13.4. The van der Waals surface area contributed by atoms with Crippen LogP contribution in [0.5, 0.6) is 5.75 Å². The molecule has 0 aliphatic heterocycles. The Morgan fingerprint density at radius 3 is 2.53 bits per heavy atom. The molecule has 0 radical (unpaired) electrons. The van der Waals surface area contributed by atoms with E-state index in [-0.39, 0.29) is 24.4 Å². The van der Waals surface area contributed by atoms with Gasteiger partial charge in [-0.3, -0.25) is 4.79 Å². The van der Waals surface area contributed by atoms with E-state index in [4.69, 9.17) is 9.84 Å². The molecule has 0 saturated carbocycles. The number of rotatable bonds is 5. The van der Waals surface area contributed by atoms with Crippen molar-refractivity contribution in [1.29, 1.82) is 0 Å². The second-order valence-electron chi connectivity index (χ2n) is 3.81. The molecule has 0 aliphatic rings. The second-order valence-corrected chi connectivity index (χ2v) is 3.81. The number of carbonyl (C=O) groups excluding carboxylic acids is 1. The minimum Gasteiger partial charge on any atom is -0.481 e. The molecule has 17 heavy (non-hydrogen) atoms. The topological polar surface area (TPSA) is 58.6 Å². The molecular weight excluding hydrogens is 225 g/mol. The second kappa shape index (κ2) is 6.20. The maximum Gasteiger partial charge on any atom is 0.261 e. The molecule has 0 saturated heterocycles. The number of hydrogen-bond donors (Lipinski definition) is 2. The average molecular weight is 241 g/mol. The molecule has 0 heterocycles. The van der Waals surface area contributed by atoms with Crippen molar-refractivity contribution in [1.82, 2.24) is 5.32 Å². The van der Waals surface area contributed by atoms with Crippen LogP contribution in [0.2, 0.25) is 0 Å². The number of benzene rings is 1. The van der Waals surface area contributed by atoms with E-state index in [1.165, 1.54) is 24.3 Å². The summed E-state index contributed by atoms with van der Waals surface area (Å²) in [4.78, 5) is 11.6. The Balaban J connectivity index is 2.51. The number of amides is 1. The van der Waals surface area contributed by atoms with Crippen molar-refractivity contribution in [2.24, 2.45) is 0 Å². The van der Waals surface area contributed by atoms with Crippen LogP contribution in [-0.2, 0) is 4.79 Å². The van der Waals surface area contributed by atoms with Crippen molar-refractivity contribution in [3.63, 3.8) is 0 Å². The molecule has 0 aliphatic carbocycles. The molecule has 1 amide bonds. The number of hydrogen-bond acceptors (Lipinski definition) is 3. The fourth-order valence-corrected chi connectivity index (χ4v) is 1.18. The Morgan fingerprint density at radius 1 is 1.41 bits per heavy atom. The average Bonchev–Trinajstić information content (AvgIpc) is 2.31. The zero-order valence-electron chi connectivity index (χ0n) is 9.81. The van der Waals surface area contributed by atoms with Gasteiger partial charge in [0.05, 0.1) is 6.61 Å². The van der Waals surface area contributed by atoms with E-state index < -0.39 is 6.10 Å². The van der Waals surface area contributed by atoms with Gasteiger partial charge in [0.2, 0.25) is 0 Å². The Bertz CT molecular complexity index is 367. The first-order valence-corrected chi connectivity index (χ1v) is 5.36. The molecule has 1 aromatic rings. The van der Waals surface area contributed by atoms with Crippen LogP contribution >= 0.6 is 0 Å².